The summed E-state index contributed by atoms with van der Waals surface area (Å²) in [4.78, 5) is 15.5. The highest BCUT2D eigenvalue weighted by atomic mass is 32.2. The predicted octanol–water partition coefficient (Wildman–Crippen LogP) is 3.39. The smallest absolute Gasteiger partial charge is 0.339 e. The SMILES string of the molecule is CC.CSc1ccc(C(=O)OC(C)C)cn1. The molecule has 0 bridgehead atoms. The van der Waals surface area contributed by atoms with Crippen LogP contribution < -0.4 is 0 Å². The molecule has 16 heavy (non-hydrogen) atoms. The van der Waals surface area contributed by atoms with Crippen molar-refractivity contribution in [3.05, 3.63) is 23.9 Å². The molecule has 1 aromatic heterocycles. The molecule has 1 rings (SSSR count). The number of aromatic nitrogens is 1. The lowest BCUT2D eigenvalue weighted by atomic mass is 10.3. The number of carbonyl (C=O) groups excluding carboxylic acids is 1. The van der Waals surface area contributed by atoms with Crippen molar-refractivity contribution in [2.45, 2.75) is 38.8 Å². The van der Waals surface area contributed by atoms with Gasteiger partial charge in [0.05, 0.1) is 16.7 Å². The van der Waals surface area contributed by atoms with E-state index in [9.17, 15) is 4.79 Å². The molecule has 0 saturated carbocycles. The van der Waals surface area contributed by atoms with Crippen LogP contribution in [0.5, 0.6) is 0 Å². The Balaban J connectivity index is 0.00000106. The van der Waals surface area contributed by atoms with E-state index in [2.05, 4.69) is 4.98 Å². The van der Waals surface area contributed by atoms with Crippen LogP contribution in [0.25, 0.3) is 0 Å². The molecular weight excluding hydrogens is 222 g/mol. The van der Waals surface area contributed by atoms with Gasteiger partial charge in [0, 0.05) is 6.20 Å². The van der Waals surface area contributed by atoms with E-state index in [1.807, 2.05) is 40.0 Å². The molecule has 3 nitrogen and oxygen atoms in total. The number of rotatable bonds is 3. The van der Waals surface area contributed by atoms with Gasteiger partial charge in [0.2, 0.25) is 0 Å². The Morgan fingerprint density at radius 3 is 2.38 bits per heavy atom. The molecule has 0 saturated heterocycles. The lowest BCUT2D eigenvalue weighted by Gasteiger charge is -2.07. The van der Waals surface area contributed by atoms with Crippen LogP contribution in [0.15, 0.2) is 23.4 Å². The van der Waals surface area contributed by atoms with Crippen LogP contribution in [0.4, 0.5) is 0 Å². The quantitative estimate of drug-likeness (QED) is 0.600. The third kappa shape index (κ3) is 5.16. The highest BCUT2D eigenvalue weighted by Gasteiger charge is 2.08. The van der Waals surface area contributed by atoms with Gasteiger partial charge in [0.1, 0.15) is 0 Å². The lowest BCUT2D eigenvalue weighted by molar-refractivity contribution is 0.0377. The van der Waals surface area contributed by atoms with Gasteiger partial charge in [-0.2, -0.15) is 0 Å². The largest absolute Gasteiger partial charge is 0.459 e. The zero-order chi connectivity index (χ0) is 12.6. The maximum atomic E-state index is 11.4. The highest BCUT2D eigenvalue weighted by molar-refractivity contribution is 7.98. The minimum Gasteiger partial charge on any atom is -0.459 e. The van der Waals surface area contributed by atoms with Gasteiger partial charge in [-0.15, -0.1) is 11.8 Å². The van der Waals surface area contributed by atoms with Crippen molar-refractivity contribution in [1.82, 2.24) is 4.98 Å². The first-order valence-corrected chi connectivity index (χ1v) is 6.57. The summed E-state index contributed by atoms with van der Waals surface area (Å²) in [6.07, 6.45) is 3.38. The summed E-state index contributed by atoms with van der Waals surface area (Å²) < 4.78 is 5.02. The monoisotopic (exact) mass is 241 g/mol. The normalized spacial score (nSPS) is 9.38. The summed E-state index contributed by atoms with van der Waals surface area (Å²) in [6, 6.07) is 3.53. The molecule has 0 atom stereocenters. The third-order valence-corrected chi connectivity index (χ3v) is 2.18. The van der Waals surface area contributed by atoms with Gasteiger partial charge >= 0.3 is 5.97 Å². The van der Waals surface area contributed by atoms with Crippen molar-refractivity contribution < 1.29 is 9.53 Å². The Morgan fingerprint density at radius 1 is 1.38 bits per heavy atom. The zero-order valence-corrected chi connectivity index (χ0v) is 11.3. The maximum absolute atomic E-state index is 11.4. The van der Waals surface area contributed by atoms with Gasteiger partial charge in [0.15, 0.2) is 0 Å². The molecule has 0 fully saturated rings. The molecule has 0 radical (unpaired) electrons. The van der Waals surface area contributed by atoms with Crippen molar-refractivity contribution in [1.29, 1.82) is 0 Å². The number of hydrogen-bond donors (Lipinski definition) is 0. The Hall–Kier alpha value is -1.03. The number of thioether (sulfide) groups is 1. The van der Waals surface area contributed by atoms with E-state index >= 15 is 0 Å². The van der Waals surface area contributed by atoms with Crippen LogP contribution in [-0.2, 0) is 4.74 Å². The van der Waals surface area contributed by atoms with E-state index in [4.69, 9.17) is 4.74 Å². The Kier molecular flexibility index (Phi) is 7.64. The van der Waals surface area contributed by atoms with Gasteiger partial charge < -0.3 is 4.74 Å². The molecule has 0 N–H and O–H groups in total. The molecule has 0 aliphatic carbocycles. The predicted molar refractivity (Wildman–Crippen MR) is 67.9 cm³/mol. The molecule has 1 heterocycles. The summed E-state index contributed by atoms with van der Waals surface area (Å²) in [7, 11) is 0. The molecule has 0 unspecified atom stereocenters. The van der Waals surface area contributed by atoms with Gasteiger partial charge in [0.25, 0.3) is 0 Å². The lowest BCUT2D eigenvalue weighted by Crippen LogP contribution is -2.11. The minimum absolute atomic E-state index is 0.0947. The second-order valence-electron chi connectivity index (χ2n) is 3.04. The van der Waals surface area contributed by atoms with Crippen molar-refractivity contribution in [3.8, 4) is 0 Å². The average Bonchev–Trinajstić information content (AvgIpc) is 2.31. The number of pyridine rings is 1. The van der Waals surface area contributed by atoms with E-state index < -0.39 is 0 Å². The highest BCUT2D eigenvalue weighted by Crippen LogP contribution is 2.11. The molecule has 0 aliphatic rings. The van der Waals surface area contributed by atoms with Crippen LogP contribution in [0.2, 0.25) is 0 Å². The fraction of sp³-hybridized carbons (Fsp3) is 0.500. The first-order chi connectivity index (χ1) is 7.63. The van der Waals surface area contributed by atoms with Gasteiger partial charge in [-0.3, -0.25) is 0 Å². The molecule has 1 aromatic rings. The number of ether oxygens (including phenoxy) is 1. The summed E-state index contributed by atoms with van der Waals surface area (Å²) in [6.45, 7) is 7.64. The van der Waals surface area contributed by atoms with Gasteiger partial charge in [-0.1, -0.05) is 13.8 Å². The van der Waals surface area contributed by atoms with Crippen molar-refractivity contribution in [2.24, 2.45) is 0 Å². The molecule has 0 amide bonds. The van der Waals surface area contributed by atoms with E-state index in [1.165, 1.54) is 18.0 Å². The molecule has 0 aromatic carbocycles. The van der Waals surface area contributed by atoms with Crippen LogP contribution >= 0.6 is 11.8 Å². The second kappa shape index (κ2) is 8.16. The van der Waals surface area contributed by atoms with Crippen LogP contribution in [0.3, 0.4) is 0 Å². The Labute approximate surface area is 102 Å². The fourth-order valence-corrected chi connectivity index (χ4v) is 1.27. The Bertz CT molecular complexity index is 309. The molecule has 0 spiro atoms. The van der Waals surface area contributed by atoms with Crippen molar-refractivity contribution in [2.75, 3.05) is 6.26 Å². The molecule has 90 valence electrons. The molecule has 4 heteroatoms. The third-order valence-electron chi connectivity index (χ3n) is 1.52. The minimum atomic E-state index is -0.319. The summed E-state index contributed by atoms with van der Waals surface area (Å²) >= 11 is 1.54. The number of carbonyl (C=O) groups is 1. The van der Waals surface area contributed by atoms with E-state index in [-0.39, 0.29) is 12.1 Å². The number of nitrogens with zero attached hydrogens (tertiary/aromatic N) is 1. The average molecular weight is 241 g/mol. The van der Waals surface area contributed by atoms with E-state index in [0.717, 1.165) is 5.03 Å². The van der Waals surface area contributed by atoms with Gasteiger partial charge in [-0.05, 0) is 32.2 Å². The maximum Gasteiger partial charge on any atom is 0.339 e. The molecule has 0 aliphatic heterocycles. The molecular formula is C12H19NO2S. The Morgan fingerprint density at radius 2 is 2.00 bits per heavy atom. The number of hydrogen-bond acceptors (Lipinski definition) is 4. The van der Waals surface area contributed by atoms with Crippen LogP contribution in [-0.4, -0.2) is 23.3 Å². The zero-order valence-electron chi connectivity index (χ0n) is 10.5. The summed E-state index contributed by atoms with van der Waals surface area (Å²) in [5.41, 5.74) is 0.497. The van der Waals surface area contributed by atoms with Crippen LogP contribution in [0.1, 0.15) is 38.1 Å². The summed E-state index contributed by atoms with van der Waals surface area (Å²) in [5, 5.41) is 0.895. The first-order valence-electron chi connectivity index (χ1n) is 5.34. The van der Waals surface area contributed by atoms with E-state index in [1.54, 1.807) is 6.07 Å². The standard InChI is InChI=1S/C10H13NO2S.C2H6/c1-7(2)13-10(12)8-4-5-9(14-3)11-6-8;1-2/h4-7H,1-3H3;1-2H3. The van der Waals surface area contributed by atoms with Crippen LogP contribution in [0, 0.1) is 0 Å². The van der Waals surface area contributed by atoms with Crippen molar-refractivity contribution in [3.63, 3.8) is 0 Å². The summed E-state index contributed by atoms with van der Waals surface area (Å²) in [5.74, 6) is -0.319. The topological polar surface area (TPSA) is 39.2 Å². The first kappa shape index (κ1) is 15.0. The fourth-order valence-electron chi connectivity index (χ4n) is 0.904. The van der Waals surface area contributed by atoms with Crippen molar-refractivity contribution >= 4 is 17.7 Å². The second-order valence-corrected chi connectivity index (χ2v) is 3.87. The van der Waals surface area contributed by atoms with Gasteiger partial charge in [-0.25, -0.2) is 9.78 Å². The number of esters is 1. The van der Waals surface area contributed by atoms with E-state index in [0.29, 0.717) is 5.56 Å².